The minimum Gasteiger partial charge on any atom is -0.358 e. The molecule has 0 aliphatic heterocycles. The van der Waals surface area contributed by atoms with Crippen LogP contribution in [0.1, 0.15) is 50.9 Å². The molecule has 0 atom stereocenters. The van der Waals surface area contributed by atoms with Gasteiger partial charge in [-0.1, -0.05) is 33.8 Å². The molecule has 0 amide bonds. The summed E-state index contributed by atoms with van der Waals surface area (Å²) in [4.78, 5) is 8.31. The molecule has 3 rings (SSSR count). The molecule has 0 spiro atoms. The van der Waals surface area contributed by atoms with Crippen molar-refractivity contribution in [3.05, 3.63) is 41.7 Å². The van der Waals surface area contributed by atoms with Crippen molar-refractivity contribution in [2.45, 2.75) is 39.5 Å². The fraction of sp³-hybridized carbons (Fsp3) is 0.353. The van der Waals surface area contributed by atoms with Crippen LogP contribution in [0.15, 0.2) is 30.3 Å². The van der Waals surface area contributed by atoms with Crippen LogP contribution in [0.25, 0.3) is 21.8 Å². The summed E-state index contributed by atoms with van der Waals surface area (Å²) in [6.45, 7) is 8.78. The summed E-state index contributed by atoms with van der Waals surface area (Å²) in [5.74, 6) is 0.986. The highest BCUT2D eigenvalue weighted by Gasteiger charge is 2.09. The normalized spacial score (nSPS) is 12.1. The molecule has 0 saturated heterocycles. The van der Waals surface area contributed by atoms with Gasteiger partial charge in [-0.25, -0.2) is 0 Å². The number of aromatic nitrogens is 2. The highest BCUT2D eigenvalue weighted by atomic mass is 14.7. The van der Waals surface area contributed by atoms with Crippen LogP contribution in [0, 0.1) is 0 Å². The summed E-state index contributed by atoms with van der Waals surface area (Å²) in [5.41, 5.74) is 4.73. The standard InChI is InChI=1S/C17H20N2/c1-10(2)14-8-6-13-15(18-14)7-5-12-9-16(11(3)4)19-17(12)13/h5-11,19H,1-4H3. The van der Waals surface area contributed by atoms with E-state index in [4.69, 9.17) is 4.98 Å². The second kappa shape index (κ2) is 4.37. The number of fused-ring (bicyclic) bond motifs is 3. The molecule has 3 aromatic rings. The Balaban J connectivity index is 2.28. The average molecular weight is 252 g/mol. The van der Waals surface area contributed by atoms with Gasteiger partial charge in [0, 0.05) is 22.2 Å². The first kappa shape index (κ1) is 12.2. The number of aromatic amines is 1. The lowest BCUT2D eigenvalue weighted by atomic mass is 10.1. The van der Waals surface area contributed by atoms with Crippen molar-refractivity contribution in [1.82, 2.24) is 9.97 Å². The van der Waals surface area contributed by atoms with E-state index in [2.05, 4.69) is 63.0 Å². The Morgan fingerprint density at radius 2 is 1.74 bits per heavy atom. The van der Waals surface area contributed by atoms with Crippen LogP contribution in [0.4, 0.5) is 0 Å². The zero-order valence-electron chi connectivity index (χ0n) is 12.0. The van der Waals surface area contributed by atoms with Crippen LogP contribution in [0.2, 0.25) is 0 Å². The average Bonchev–Trinajstić information content (AvgIpc) is 2.82. The molecule has 1 aromatic carbocycles. The van der Waals surface area contributed by atoms with Gasteiger partial charge in [0.2, 0.25) is 0 Å². The fourth-order valence-electron chi connectivity index (χ4n) is 2.48. The van der Waals surface area contributed by atoms with Crippen LogP contribution >= 0.6 is 0 Å². The highest BCUT2D eigenvalue weighted by Crippen LogP contribution is 2.28. The number of nitrogens with one attached hydrogen (secondary N) is 1. The van der Waals surface area contributed by atoms with Gasteiger partial charge in [-0.05, 0) is 36.1 Å². The van der Waals surface area contributed by atoms with E-state index in [-0.39, 0.29) is 0 Å². The van der Waals surface area contributed by atoms with E-state index in [1.54, 1.807) is 0 Å². The summed E-state index contributed by atoms with van der Waals surface area (Å²) < 4.78 is 0. The quantitative estimate of drug-likeness (QED) is 0.686. The molecule has 19 heavy (non-hydrogen) atoms. The van der Waals surface area contributed by atoms with Crippen molar-refractivity contribution in [2.24, 2.45) is 0 Å². The molecule has 0 bridgehead atoms. The monoisotopic (exact) mass is 252 g/mol. The lowest BCUT2D eigenvalue weighted by Gasteiger charge is -2.06. The summed E-state index contributed by atoms with van der Waals surface area (Å²) in [7, 11) is 0. The SMILES string of the molecule is CC(C)c1ccc2c(ccc3cc(C(C)C)[nH]c32)n1. The Kier molecular flexibility index (Phi) is 2.81. The van der Waals surface area contributed by atoms with Crippen LogP contribution in [0.5, 0.6) is 0 Å². The number of hydrogen-bond acceptors (Lipinski definition) is 1. The number of nitrogens with zero attached hydrogens (tertiary/aromatic N) is 1. The van der Waals surface area contributed by atoms with Crippen molar-refractivity contribution in [3.63, 3.8) is 0 Å². The van der Waals surface area contributed by atoms with E-state index < -0.39 is 0 Å². The molecule has 0 aliphatic carbocycles. The smallest absolute Gasteiger partial charge is 0.0726 e. The van der Waals surface area contributed by atoms with Crippen LogP contribution in [-0.2, 0) is 0 Å². The zero-order chi connectivity index (χ0) is 13.6. The van der Waals surface area contributed by atoms with Gasteiger partial charge in [0.1, 0.15) is 0 Å². The first-order chi connectivity index (χ1) is 9.06. The minimum absolute atomic E-state index is 0.468. The maximum Gasteiger partial charge on any atom is 0.0726 e. The minimum atomic E-state index is 0.468. The topological polar surface area (TPSA) is 28.7 Å². The predicted octanol–water partition coefficient (Wildman–Crippen LogP) is 4.96. The van der Waals surface area contributed by atoms with Crippen molar-refractivity contribution >= 4 is 21.8 Å². The molecule has 0 radical (unpaired) electrons. The Morgan fingerprint density at radius 3 is 2.42 bits per heavy atom. The second-order valence-corrected chi connectivity index (χ2v) is 5.87. The van der Waals surface area contributed by atoms with Crippen LogP contribution < -0.4 is 0 Å². The molecule has 2 heterocycles. The summed E-state index contributed by atoms with van der Waals surface area (Å²) in [5, 5.41) is 2.49. The molecular formula is C17H20N2. The lowest BCUT2D eigenvalue weighted by molar-refractivity contribution is 0.830. The van der Waals surface area contributed by atoms with Crippen molar-refractivity contribution in [3.8, 4) is 0 Å². The molecule has 1 N–H and O–H groups in total. The van der Waals surface area contributed by atoms with E-state index in [1.165, 1.54) is 22.0 Å². The number of H-pyrrole nitrogens is 1. The Bertz CT molecular complexity index is 735. The van der Waals surface area contributed by atoms with Crippen molar-refractivity contribution in [1.29, 1.82) is 0 Å². The number of rotatable bonds is 2. The van der Waals surface area contributed by atoms with Crippen molar-refractivity contribution < 1.29 is 0 Å². The third-order valence-electron chi connectivity index (χ3n) is 3.72. The lowest BCUT2D eigenvalue weighted by Crippen LogP contribution is -1.92. The van der Waals surface area contributed by atoms with Crippen LogP contribution in [-0.4, -0.2) is 9.97 Å². The second-order valence-electron chi connectivity index (χ2n) is 5.87. The van der Waals surface area contributed by atoms with Gasteiger partial charge in [-0.2, -0.15) is 0 Å². The van der Waals surface area contributed by atoms with Gasteiger partial charge >= 0.3 is 0 Å². The van der Waals surface area contributed by atoms with E-state index in [1.807, 2.05) is 0 Å². The number of pyridine rings is 1. The molecular weight excluding hydrogens is 232 g/mol. The third kappa shape index (κ3) is 2.01. The van der Waals surface area contributed by atoms with Crippen LogP contribution in [0.3, 0.4) is 0 Å². The van der Waals surface area contributed by atoms with Crippen molar-refractivity contribution in [2.75, 3.05) is 0 Å². The molecule has 0 fully saturated rings. The number of hydrogen-bond donors (Lipinski definition) is 1. The molecule has 2 aromatic heterocycles. The molecule has 0 aliphatic rings. The van der Waals surface area contributed by atoms with Gasteiger partial charge < -0.3 is 4.98 Å². The highest BCUT2D eigenvalue weighted by molar-refractivity contribution is 6.04. The third-order valence-corrected chi connectivity index (χ3v) is 3.72. The van der Waals surface area contributed by atoms with E-state index in [0.717, 1.165) is 11.2 Å². The molecule has 0 saturated carbocycles. The Labute approximate surface area is 113 Å². The predicted molar refractivity (Wildman–Crippen MR) is 81.8 cm³/mol. The summed E-state index contributed by atoms with van der Waals surface area (Å²) in [6, 6.07) is 10.9. The van der Waals surface area contributed by atoms with E-state index >= 15 is 0 Å². The first-order valence-corrected chi connectivity index (χ1v) is 6.98. The van der Waals surface area contributed by atoms with Gasteiger partial charge in [0.25, 0.3) is 0 Å². The zero-order valence-corrected chi connectivity index (χ0v) is 12.0. The fourth-order valence-corrected chi connectivity index (χ4v) is 2.48. The summed E-state index contributed by atoms with van der Waals surface area (Å²) in [6.07, 6.45) is 0. The van der Waals surface area contributed by atoms with E-state index in [9.17, 15) is 0 Å². The Hall–Kier alpha value is -1.83. The molecule has 2 nitrogen and oxygen atoms in total. The van der Waals surface area contributed by atoms with Gasteiger partial charge in [0.15, 0.2) is 0 Å². The van der Waals surface area contributed by atoms with Gasteiger partial charge in [0.05, 0.1) is 11.0 Å². The Morgan fingerprint density at radius 1 is 0.947 bits per heavy atom. The first-order valence-electron chi connectivity index (χ1n) is 6.98. The van der Waals surface area contributed by atoms with Gasteiger partial charge in [-0.15, -0.1) is 0 Å². The molecule has 98 valence electrons. The maximum absolute atomic E-state index is 4.76. The molecule has 2 heteroatoms. The number of benzene rings is 1. The largest absolute Gasteiger partial charge is 0.358 e. The van der Waals surface area contributed by atoms with Gasteiger partial charge in [-0.3, -0.25) is 4.98 Å². The maximum atomic E-state index is 4.76. The van der Waals surface area contributed by atoms with E-state index in [0.29, 0.717) is 11.8 Å². The molecule has 0 unspecified atom stereocenters. The summed E-state index contributed by atoms with van der Waals surface area (Å²) >= 11 is 0.